The molecule has 0 aliphatic carbocycles. The van der Waals surface area contributed by atoms with Crippen molar-refractivity contribution in [1.82, 2.24) is 4.98 Å². The van der Waals surface area contributed by atoms with Gasteiger partial charge in [0, 0.05) is 0 Å². The lowest BCUT2D eigenvalue weighted by molar-refractivity contribution is 0.410. The molecule has 1 aromatic carbocycles. The summed E-state index contributed by atoms with van der Waals surface area (Å²) in [5, 5.41) is 8.87. The zero-order valence-electron chi connectivity index (χ0n) is 8.52. The topological polar surface area (TPSA) is 59.0 Å². The third-order valence-corrected chi connectivity index (χ3v) is 2.36. The van der Waals surface area contributed by atoms with E-state index in [2.05, 4.69) is 11.1 Å². The SMILES string of the molecule is COc1ccc(C(C)C#N)c2ncoc12. The number of nitrogens with zero attached hydrogens (tertiary/aromatic N) is 2. The number of oxazole rings is 1. The molecule has 0 fully saturated rings. The van der Waals surface area contributed by atoms with Crippen LogP contribution in [0.5, 0.6) is 5.75 Å². The Morgan fingerprint density at radius 1 is 1.53 bits per heavy atom. The molecule has 0 saturated carbocycles. The van der Waals surface area contributed by atoms with Gasteiger partial charge in [-0.1, -0.05) is 6.07 Å². The van der Waals surface area contributed by atoms with Gasteiger partial charge in [-0.2, -0.15) is 5.26 Å². The van der Waals surface area contributed by atoms with Crippen LogP contribution >= 0.6 is 0 Å². The highest BCUT2D eigenvalue weighted by Gasteiger charge is 2.14. The average Bonchev–Trinajstić information content (AvgIpc) is 2.75. The summed E-state index contributed by atoms with van der Waals surface area (Å²) in [6.07, 6.45) is 1.36. The van der Waals surface area contributed by atoms with Crippen LogP contribution in [-0.4, -0.2) is 12.1 Å². The number of nitriles is 1. The number of methoxy groups -OCH3 is 1. The second-order valence-electron chi connectivity index (χ2n) is 3.24. The summed E-state index contributed by atoms with van der Waals surface area (Å²) < 4.78 is 10.4. The van der Waals surface area contributed by atoms with E-state index in [0.717, 1.165) is 5.56 Å². The summed E-state index contributed by atoms with van der Waals surface area (Å²) in [4.78, 5) is 4.10. The lowest BCUT2D eigenvalue weighted by Crippen LogP contribution is -1.92. The zero-order valence-corrected chi connectivity index (χ0v) is 8.52. The molecule has 1 unspecified atom stereocenters. The highest BCUT2D eigenvalue weighted by molar-refractivity contribution is 5.83. The Balaban J connectivity index is 2.69. The molecule has 1 aromatic heterocycles. The van der Waals surface area contributed by atoms with Crippen molar-refractivity contribution in [2.24, 2.45) is 0 Å². The normalized spacial score (nSPS) is 12.3. The lowest BCUT2D eigenvalue weighted by atomic mass is 10.0. The summed E-state index contributed by atoms with van der Waals surface area (Å²) >= 11 is 0. The third-order valence-electron chi connectivity index (χ3n) is 2.36. The van der Waals surface area contributed by atoms with Gasteiger partial charge >= 0.3 is 0 Å². The van der Waals surface area contributed by atoms with Crippen molar-refractivity contribution in [2.45, 2.75) is 12.8 Å². The minimum absolute atomic E-state index is 0.205. The molecular formula is C11H10N2O2. The third kappa shape index (κ3) is 1.42. The monoisotopic (exact) mass is 202 g/mol. The smallest absolute Gasteiger partial charge is 0.196 e. The van der Waals surface area contributed by atoms with Gasteiger partial charge in [-0.3, -0.25) is 0 Å². The van der Waals surface area contributed by atoms with Crippen molar-refractivity contribution in [1.29, 1.82) is 5.26 Å². The molecule has 2 aromatic rings. The molecule has 0 radical (unpaired) electrons. The number of hydrogen-bond acceptors (Lipinski definition) is 4. The van der Waals surface area contributed by atoms with Crippen LogP contribution in [0.4, 0.5) is 0 Å². The predicted octanol–water partition coefficient (Wildman–Crippen LogP) is 2.46. The van der Waals surface area contributed by atoms with Crippen LogP contribution in [0.3, 0.4) is 0 Å². The average molecular weight is 202 g/mol. The Morgan fingerprint density at radius 2 is 2.33 bits per heavy atom. The van der Waals surface area contributed by atoms with E-state index in [1.54, 1.807) is 13.2 Å². The van der Waals surface area contributed by atoms with Crippen molar-refractivity contribution in [3.8, 4) is 11.8 Å². The second kappa shape index (κ2) is 3.62. The second-order valence-corrected chi connectivity index (χ2v) is 3.24. The molecule has 1 atom stereocenters. The quantitative estimate of drug-likeness (QED) is 0.750. The first-order valence-electron chi connectivity index (χ1n) is 4.57. The van der Waals surface area contributed by atoms with Crippen molar-refractivity contribution < 1.29 is 9.15 Å². The van der Waals surface area contributed by atoms with E-state index in [9.17, 15) is 0 Å². The van der Waals surface area contributed by atoms with Crippen molar-refractivity contribution in [2.75, 3.05) is 7.11 Å². The predicted molar refractivity (Wildman–Crippen MR) is 54.6 cm³/mol. The van der Waals surface area contributed by atoms with E-state index >= 15 is 0 Å². The fourth-order valence-corrected chi connectivity index (χ4v) is 1.53. The lowest BCUT2D eigenvalue weighted by Gasteiger charge is -2.05. The largest absolute Gasteiger partial charge is 0.493 e. The highest BCUT2D eigenvalue weighted by atomic mass is 16.5. The van der Waals surface area contributed by atoms with Crippen LogP contribution in [0.1, 0.15) is 18.4 Å². The van der Waals surface area contributed by atoms with E-state index < -0.39 is 0 Å². The highest BCUT2D eigenvalue weighted by Crippen LogP contribution is 2.30. The maximum atomic E-state index is 8.87. The van der Waals surface area contributed by atoms with Crippen molar-refractivity contribution in [3.63, 3.8) is 0 Å². The summed E-state index contributed by atoms with van der Waals surface area (Å²) in [5.74, 6) is 0.430. The zero-order chi connectivity index (χ0) is 10.8. The summed E-state index contributed by atoms with van der Waals surface area (Å²) in [5.41, 5.74) is 2.16. The molecule has 1 heterocycles. The minimum Gasteiger partial charge on any atom is -0.493 e. The van der Waals surface area contributed by atoms with Gasteiger partial charge in [-0.25, -0.2) is 4.98 Å². The summed E-state index contributed by atoms with van der Waals surface area (Å²) in [6.45, 7) is 1.83. The Morgan fingerprint density at radius 3 is 3.00 bits per heavy atom. The molecule has 4 nitrogen and oxygen atoms in total. The van der Waals surface area contributed by atoms with Crippen LogP contribution in [0.25, 0.3) is 11.1 Å². The molecule has 0 aliphatic heterocycles. The molecule has 0 saturated heterocycles. The van der Waals surface area contributed by atoms with Crippen molar-refractivity contribution in [3.05, 3.63) is 24.1 Å². The van der Waals surface area contributed by atoms with Gasteiger partial charge < -0.3 is 9.15 Å². The van der Waals surface area contributed by atoms with E-state index in [4.69, 9.17) is 14.4 Å². The molecule has 2 rings (SSSR count). The number of aromatic nitrogens is 1. The Labute approximate surface area is 87.1 Å². The molecule has 0 bridgehead atoms. The van der Waals surface area contributed by atoms with Crippen LogP contribution in [0, 0.1) is 11.3 Å². The molecule has 0 aliphatic rings. The maximum absolute atomic E-state index is 8.87. The van der Waals surface area contributed by atoms with Crippen LogP contribution in [-0.2, 0) is 0 Å². The van der Waals surface area contributed by atoms with E-state index in [1.807, 2.05) is 13.0 Å². The first-order valence-corrected chi connectivity index (χ1v) is 4.57. The number of benzene rings is 1. The fourth-order valence-electron chi connectivity index (χ4n) is 1.53. The van der Waals surface area contributed by atoms with Gasteiger partial charge in [-0.15, -0.1) is 0 Å². The minimum atomic E-state index is -0.205. The Bertz CT molecular complexity index is 525. The summed E-state index contributed by atoms with van der Waals surface area (Å²) in [7, 11) is 1.57. The van der Waals surface area contributed by atoms with E-state index in [-0.39, 0.29) is 5.92 Å². The van der Waals surface area contributed by atoms with Gasteiger partial charge in [0.25, 0.3) is 0 Å². The van der Waals surface area contributed by atoms with E-state index in [1.165, 1.54) is 6.39 Å². The number of hydrogen-bond donors (Lipinski definition) is 0. The van der Waals surface area contributed by atoms with Gasteiger partial charge in [0.2, 0.25) is 0 Å². The van der Waals surface area contributed by atoms with Gasteiger partial charge in [0.15, 0.2) is 17.7 Å². The fraction of sp³-hybridized carbons (Fsp3) is 0.273. The van der Waals surface area contributed by atoms with Crippen LogP contribution in [0.2, 0.25) is 0 Å². The standard InChI is InChI=1S/C11H10N2O2/c1-7(5-12)8-3-4-9(14-2)11-10(8)13-6-15-11/h3-4,6-7H,1-2H3. The van der Waals surface area contributed by atoms with Crippen LogP contribution < -0.4 is 4.74 Å². The van der Waals surface area contributed by atoms with Gasteiger partial charge in [-0.05, 0) is 18.6 Å². The molecule has 0 N–H and O–H groups in total. The maximum Gasteiger partial charge on any atom is 0.196 e. The molecule has 15 heavy (non-hydrogen) atoms. The number of fused-ring (bicyclic) bond motifs is 1. The Hall–Kier alpha value is -2.02. The molecule has 4 heteroatoms. The van der Waals surface area contributed by atoms with Crippen LogP contribution in [0.15, 0.2) is 22.9 Å². The number of rotatable bonds is 2. The Kier molecular flexibility index (Phi) is 2.30. The molecule has 0 spiro atoms. The first-order chi connectivity index (χ1) is 7.27. The molecule has 76 valence electrons. The first kappa shape index (κ1) is 9.53. The molecular weight excluding hydrogens is 192 g/mol. The van der Waals surface area contributed by atoms with E-state index in [0.29, 0.717) is 16.8 Å². The van der Waals surface area contributed by atoms with Gasteiger partial charge in [0.1, 0.15) is 5.52 Å². The summed E-state index contributed by atoms with van der Waals surface area (Å²) in [6, 6.07) is 5.81. The van der Waals surface area contributed by atoms with Crippen molar-refractivity contribution >= 4 is 11.1 Å². The van der Waals surface area contributed by atoms with Gasteiger partial charge in [0.05, 0.1) is 19.1 Å². The molecule has 0 amide bonds. The number of ether oxygens (including phenoxy) is 1.